The van der Waals surface area contributed by atoms with Crippen LogP contribution in [0.2, 0.25) is 0 Å². The van der Waals surface area contributed by atoms with Crippen molar-refractivity contribution in [3.05, 3.63) is 76.3 Å². The number of rotatable bonds is 8. The van der Waals surface area contributed by atoms with Crippen molar-refractivity contribution in [2.75, 3.05) is 5.75 Å². The third kappa shape index (κ3) is 6.07. The lowest BCUT2D eigenvalue weighted by Gasteiger charge is -2.05. The fourth-order valence-electron chi connectivity index (χ4n) is 2.11. The first-order chi connectivity index (χ1) is 12.1. The number of phenolic OH excluding ortho intramolecular Hbond substituents is 1. The van der Waals surface area contributed by atoms with Crippen LogP contribution in [0.25, 0.3) is 0 Å². The SMILES string of the molecule is C=CCc1cccc(/C=N\NC(=O)CSCc2ccccc2Br)c1O. The van der Waals surface area contributed by atoms with E-state index in [-0.39, 0.29) is 11.7 Å². The average Bonchev–Trinajstić information content (AvgIpc) is 2.60. The highest BCUT2D eigenvalue weighted by molar-refractivity contribution is 9.10. The molecule has 0 aromatic heterocycles. The van der Waals surface area contributed by atoms with Crippen molar-refractivity contribution < 1.29 is 9.90 Å². The number of aromatic hydroxyl groups is 1. The second-order valence-corrected chi connectivity index (χ2v) is 7.07. The molecule has 130 valence electrons. The molecule has 0 spiro atoms. The van der Waals surface area contributed by atoms with Crippen molar-refractivity contribution >= 4 is 39.8 Å². The van der Waals surface area contributed by atoms with Gasteiger partial charge in [0.05, 0.1) is 12.0 Å². The van der Waals surface area contributed by atoms with E-state index < -0.39 is 0 Å². The van der Waals surface area contributed by atoms with Crippen molar-refractivity contribution in [3.8, 4) is 5.75 Å². The van der Waals surface area contributed by atoms with E-state index in [0.29, 0.717) is 17.7 Å². The van der Waals surface area contributed by atoms with Gasteiger partial charge in [-0.3, -0.25) is 4.79 Å². The number of allylic oxidation sites excluding steroid dienone is 1. The number of amides is 1. The molecule has 0 radical (unpaired) electrons. The summed E-state index contributed by atoms with van der Waals surface area (Å²) in [5, 5.41) is 14.0. The number of benzene rings is 2. The van der Waals surface area contributed by atoms with Gasteiger partial charge in [-0.15, -0.1) is 18.3 Å². The van der Waals surface area contributed by atoms with Crippen molar-refractivity contribution in [2.24, 2.45) is 5.10 Å². The van der Waals surface area contributed by atoms with Crippen LogP contribution in [0.3, 0.4) is 0 Å². The second-order valence-electron chi connectivity index (χ2n) is 5.23. The van der Waals surface area contributed by atoms with Crippen LogP contribution in [0, 0.1) is 0 Å². The predicted octanol–water partition coefficient (Wildman–Crippen LogP) is 4.27. The van der Waals surface area contributed by atoms with Crippen LogP contribution in [0.4, 0.5) is 0 Å². The molecule has 0 saturated carbocycles. The molecule has 0 saturated heterocycles. The Bertz CT molecular complexity index is 778. The van der Waals surface area contributed by atoms with E-state index in [1.165, 1.54) is 18.0 Å². The molecule has 1 amide bonds. The number of hydrogen-bond donors (Lipinski definition) is 2. The third-order valence-corrected chi connectivity index (χ3v) is 5.11. The van der Waals surface area contributed by atoms with Gasteiger partial charge >= 0.3 is 0 Å². The topological polar surface area (TPSA) is 61.7 Å². The van der Waals surface area contributed by atoms with E-state index in [4.69, 9.17) is 0 Å². The Labute approximate surface area is 160 Å². The van der Waals surface area contributed by atoms with Crippen molar-refractivity contribution in [1.82, 2.24) is 5.43 Å². The summed E-state index contributed by atoms with van der Waals surface area (Å²) in [6.45, 7) is 3.66. The average molecular weight is 419 g/mol. The molecule has 6 heteroatoms. The second kappa shape index (κ2) is 10.1. The molecule has 0 atom stereocenters. The Hall–Kier alpha value is -2.05. The van der Waals surface area contributed by atoms with Gasteiger partial charge < -0.3 is 5.11 Å². The summed E-state index contributed by atoms with van der Waals surface area (Å²) in [6, 6.07) is 13.3. The lowest BCUT2D eigenvalue weighted by atomic mass is 10.1. The monoisotopic (exact) mass is 418 g/mol. The highest BCUT2D eigenvalue weighted by Crippen LogP contribution is 2.22. The number of nitrogens with zero attached hydrogens (tertiary/aromatic N) is 1. The molecule has 0 fully saturated rings. The zero-order chi connectivity index (χ0) is 18.1. The minimum Gasteiger partial charge on any atom is -0.507 e. The lowest BCUT2D eigenvalue weighted by Crippen LogP contribution is -2.19. The summed E-state index contributed by atoms with van der Waals surface area (Å²) in [5.74, 6) is 1.02. The molecule has 4 nitrogen and oxygen atoms in total. The van der Waals surface area contributed by atoms with Gasteiger partial charge in [0.15, 0.2) is 0 Å². The molecule has 0 aliphatic heterocycles. The van der Waals surface area contributed by atoms with E-state index in [2.05, 4.69) is 33.0 Å². The van der Waals surface area contributed by atoms with E-state index >= 15 is 0 Å². The molecule has 2 N–H and O–H groups in total. The van der Waals surface area contributed by atoms with E-state index in [9.17, 15) is 9.90 Å². The minimum atomic E-state index is -0.185. The minimum absolute atomic E-state index is 0.156. The molecular formula is C19H19BrN2O2S. The molecule has 0 heterocycles. The number of carbonyl (C=O) groups excluding carboxylic acids is 1. The summed E-state index contributed by atoms with van der Waals surface area (Å²) >= 11 is 5.00. The molecule has 0 unspecified atom stereocenters. The summed E-state index contributed by atoms with van der Waals surface area (Å²) in [7, 11) is 0. The van der Waals surface area contributed by atoms with E-state index in [1.54, 1.807) is 12.1 Å². The van der Waals surface area contributed by atoms with Crippen LogP contribution in [0.15, 0.2) is 64.7 Å². The zero-order valence-electron chi connectivity index (χ0n) is 13.6. The highest BCUT2D eigenvalue weighted by atomic mass is 79.9. The number of phenols is 1. The highest BCUT2D eigenvalue weighted by Gasteiger charge is 2.05. The van der Waals surface area contributed by atoms with Gasteiger partial charge in [-0.2, -0.15) is 5.10 Å². The first-order valence-corrected chi connectivity index (χ1v) is 9.61. The number of thioether (sulfide) groups is 1. The molecule has 2 aromatic carbocycles. The number of hydrogen-bond acceptors (Lipinski definition) is 4. The van der Waals surface area contributed by atoms with Crippen LogP contribution < -0.4 is 5.43 Å². The van der Waals surface area contributed by atoms with Crippen LogP contribution in [0.1, 0.15) is 16.7 Å². The summed E-state index contributed by atoms with van der Waals surface area (Å²) < 4.78 is 1.04. The van der Waals surface area contributed by atoms with Gasteiger partial charge in [0.25, 0.3) is 0 Å². The third-order valence-electron chi connectivity index (χ3n) is 3.36. The van der Waals surface area contributed by atoms with Gasteiger partial charge in [-0.1, -0.05) is 52.3 Å². The zero-order valence-corrected chi connectivity index (χ0v) is 16.0. The van der Waals surface area contributed by atoms with Crippen LogP contribution in [0.5, 0.6) is 5.75 Å². The Morgan fingerprint density at radius 1 is 1.24 bits per heavy atom. The van der Waals surface area contributed by atoms with Crippen molar-refractivity contribution in [1.29, 1.82) is 0 Å². The van der Waals surface area contributed by atoms with Gasteiger partial charge in [-0.25, -0.2) is 5.43 Å². The lowest BCUT2D eigenvalue weighted by molar-refractivity contribution is -0.118. The number of carbonyl (C=O) groups is 1. The van der Waals surface area contributed by atoms with Crippen LogP contribution in [-0.4, -0.2) is 23.0 Å². The number of halogens is 1. The van der Waals surface area contributed by atoms with E-state index in [1.807, 2.05) is 36.4 Å². The Kier molecular flexibility index (Phi) is 7.76. The van der Waals surface area contributed by atoms with Crippen molar-refractivity contribution in [3.63, 3.8) is 0 Å². The van der Waals surface area contributed by atoms with Crippen LogP contribution in [-0.2, 0) is 17.0 Å². The normalized spacial score (nSPS) is 10.8. The van der Waals surface area contributed by atoms with Gasteiger partial charge in [-0.05, 0) is 29.7 Å². The smallest absolute Gasteiger partial charge is 0.250 e. The van der Waals surface area contributed by atoms with E-state index in [0.717, 1.165) is 21.4 Å². The summed E-state index contributed by atoms with van der Waals surface area (Å²) in [4.78, 5) is 11.8. The van der Waals surface area contributed by atoms with Crippen LogP contribution >= 0.6 is 27.7 Å². The Morgan fingerprint density at radius 3 is 2.76 bits per heavy atom. The van der Waals surface area contributed by atoms with Gasteiger partial charge in [0.2, 0.25) is 5.91 Å². The Morgan fingerprint density at radius 2 is 2.00 bits per heavy atom. The molecule has 25 heavy (non-hydrogen) atoms. The van der Waals surface area contributed by atoms with Gasteiger partial charge in [0, 0.05) is 15.8 Å². The quantitative estimate of drug-likeness (QED) is 0.382. The summed E-state index contributed by atoms with van der Waals surface area (Å²) in [6.07, 6.45) is 3.74. The van der Waals surface area contributed by atoms with Crippen molar-refractivity contribution in [2.45, 2.75) is 12.2 Å². The number of nitrogens with one attached hydrogen (secondary N) is 1. The van der Waals surface area contributed by atoms with Gasteiger partial charge in [0.1, 0.15) is 5.75 Å². The molecule has 2 rings (SSSR count). The Balaban J connectivity index is 1.82. The predicted molar refractivity (Wildman–Crippen MR) is 108 cm³/mol. The standard InChI is InChI=1S/C19H19BrN2O2S/c1-2-6-14-8-5-9-15(19(14)24)11-21-22-18(23)13-25-12-16-7-3-4-10-17(16)20/h2-5,7-11,24H,1,6,12-13H2,(H,22,23)/b21-11-. The number of para-hydroxylation sites is 1. The fourth-order valence-corrected chi connectivity index (χ4v) is 3.55. The first kappa shape index (κ1) is 19.3. The molecule has 2 aromatic rings. The molecular weight excluding hydrogens is 400 g/mol. The molecule has 0 aliphatic rings. The maximum absolute atomic E-state index is 11.8. The summed E-state index contributed by atoms with van der Waals surface area (Å²) in [5.41, 5.74) is 4.95. The first-order valence-electron chi connectivity index (χ1n) is 7.66. The maximum Gasteiger partial charge on any atom is 0.250 e. The fraction of sp³-hybridized carbons (Fsp3) is 0.158. The molecule has 0 bridgehead atoms. The largest absolute Gasteiger partial charge is 0.507 e. The maximum atomic E-state index is 11.8. The number of hydrazone groups is 1. The molecule has 0 aliphatic carbocycles.